The summed E-state index contributed by atoms with van der Waals surface area (Å²) in [5.41, 5.74) is 0.921. The Morgan fingerprint density at radius 2 is 2.27 bits per heavy atom. The number of aromatic nitrogens is 3. The maximum Gasteiger partial charge on any atom is 0.248 e. The molecule has 0 amide bonds. The molecule has 0 saturated carbocycles. The summed E-state index contributed by atoms with van der Waals surface area (Å²) < 4.78 is 30.7. The van der Waals surface area contributed by atoms with Crippen LogP contribution >= 0.6 is 0 Å². The fourth-order valence-electron chi connectivity index (χ4n) is 2.86. The lowest BCUT2D eigenvalue weighted by Gasteiger charge is -2.19. The van der Waals surface area contributed by atoms with E-state index in [2.05, 4.69) is 23.0 Å². The predicted molar refractivity (Wildman–Crippen MR) is 79.0 cm³/mol. The highest BCUT2D eigenvalue weighted by Gasteiger charge is 2.31. The summed E-state index contributed by atoms with van der Waals surface area (Å²) in [5, 5.41) is 9.82. The number of nitrogens with zero attached hydrogens (tertiary/aromatic N) is 4. The number of sulfone groups is 1. The second-order valence-corrected chi connectivity index (χ2v) is 7.40. The highest BCUT2D eigenvalue weighted by atomic mass is 32.2. The van der Waals surface area contributed by atoms with E-state index >= 15 is 0 Å². The van der Waals surface area contributed by atoms with Gasteiger partial charge in [0.05, 0.1) is 19.3 Å². The lowest BCUT2D eigenvalue weighted by molar-refractivity contribution is 0.180. The Labute approximate surface area is 128 Å². The average molecular weight is 320 g/mol. The Morgan fingerprint density at radius 3 is 2.91 bits per heavy atom. The summed E-state index contributed by atoms with van der Waals surface area (Å²) in [6.45, 7) is 3.20. The van der Waals surface area contributed by atoms with Crippen molar-refractivity contribution in [3.63, 3.8) is 0 Å². The van der Waals surface area contributed by atoms with Crippen LogP contribution in [0.15, 0.2) is 17.4 Å². The van der Waals surface area contributed by atoms with Gasteiger partial charge >= 0.3 is 0 Å². The Balaban J connectivity index is 2.25. The standard InChI is InChI=1S/C14H16N4O3S/c1-3-9-7-21-8-12(9)18-11(5-15)4-10-6-16-14(17-13(10)18)22(2,19)20/h4,6,9,12H,3,7-8H2,1-2H3/t9?,12-/m0/s1. The molecule has 1 aliphatic heterocycles. The van der Waals surface area contributed by atoms with E-state index in [0.29, 0.717) is 29.9 Å². The fourth-order valence-corrected chi connectivity index (χ4v) is 3.35. The van der Waals surface area contributed by atoms with E-state index in [0.717, 1.165) is 12.7 Å². The Hall–Kier alpha value is -1.98. The summed E-state index contributed by atoms with van der Waals surface area (Å²) in [6, 6.07) is 3.83. The van der Waals surface area contributed by atoms with Crippen molar-refractivity contribution in [1.82, 2.24) is 14.5 Å². The molecular weight excluding hydrogens is 304 g/mol. The molecule has 1 fully saturated rings. The van der Waals surface area contributed by atoms with E-state index in [1.165, 1.54) is 6.20 Å². The van der Waals surface area contributed by atoms with Crippen LogP contribution in [-0.4, -0.2) is 42.4 Å². The monoisotopic (exact) mass is 320 g/mol. The second kappa shape index (κ2) is 5.34. The molecule has 2 atom stereocenters. The molecule has 0 bridgehead atoms. The molecule has 1 saturated heterocycles. The van der Waals surface area contributed by atoms with Crippen LogP contribution < -0.4 is 0 Å². The van der Waals surface area contributed by atoms with Crippen LogP contribution in [0.5, 0.6) is 0 Å². The van der Waals surface area contributed by atoms with E-state index in [4.69, 9.17) is 4.74 Å². The fraction of sp³-hybridized carbons (Fsp3) is 0.500. The van der Waals surface area contributed by atoms with E-state index < -0.39 is 9.84 Å². The number of hydrogen-bond donors (Lipinski definition) is 0. The van der Waals surface area contributed by atoms with Crippen LogP contribution in [0.2, 0.25) is 0 Å². The van der Waals surface area contributed by atoms with Gasteiger partial charge in [-0.2, -0.15) is 10.2 Å². The first-order chi connectivity index (χ1) is 10.5. The van der Waals surface area contributed by atoms with E-state index in [1.54, 1.807) is 10.6 Å². The molecule has 0 aliphatic carbocycles. The molecule has 3 rings (SSSR count). The van der Waals surface area contributed by atoms with Crippen molar-refractivity contribution < 1.29 is 13.2 Å². The minimum absolute atomic E-state index is 0.0144. The van der Waals surface area contributed by atoms with Gasteiger partial charge < -0.3 is 9.30 Å². The van der Waals surface area contributed by atoms with Gasteiger partial charge in [-0.25, -0.2) is 13.4 Å². The van der Waals surface area contributed by atoms with Crippen molar-refractivity contribution in [2.45, 2.75) is 24.5 Å². The molecular formula is C14H16N4O3S. The Kier molecular flexibility index (Phi) is 3.62. The van der Waals surface area contributed by atoms with Gasteiger partial charge in [0.15, 0.2) is 0 Å². The van der Waals surface area contributed by atoms with Crippen LogP contribution in [0, 0.1) is 17.2 Å². The van der Waals surface area contributed by atoms with Crippen LogP contribution in [0.3, 0.4) is 0 Å². The molecule has 1 aliphatic rings. The SMILES string of the molecule is CCC1COC[C@@H]1n1c(C#N)cc2cnc(S(C)(=O)=O)nc21. The molecule has 116 valence electrons. The normalized spacial score (nSPS) is 22.0. The van der Waals surface area contributed by atoms with E-state index in [1.807, 2.05) is 0 Å². The molecule has 2 aromatic heterocycles. The van der Waals surface area contributed by atoms with Crippen molar-refractivity contribution in [2.75, 3.05) is 19.5 Å². The highest BCUT2D eigenvalue weighted by Crippen LogP contribution is 2.33. The van der Waals surface area contributed by atoms with Gasteiger partial charge in [-0.15, -0.1) is 0 Å². The van der Waals surface area contributed by atoms with Crippen LogP contribution in [-0.2, 0) is 14.6 Å². The molecule has 0 spiro atoms. The Bertz CT molecular complexity index is 866. The van der Waals surface area contributed by atoms with Gasteiger partial charge in [0, 0.05) is 23.8 Å². The van der Waals surface area contributed by atoms with Crippen LogP contribution in [0.4, 0.5) is 0 Å². The van der Waals surface area contributed by atoms with Crippen molar-refractivity contribution in [2.24, 2.45) is 5.92 Å². The second-order valence-electron chi connectivity index (χ2n) is 5.49. The minimum Gasteiger partial charge on any atom is -0.379 e. The van der Waals surface area contributed by atoms with E-state index in [9.17, 15) is 13.7 Å². The molecule has 1 unspecified atom stereocenters. The van der Waals surface area contributed by atoms with Crippen molar-refractivity contribution >= 4 is 20.9 Å². The average Bonchev–Trinajstić information content (AvgIpc) is 3.08. The topological polar surface area (TPSA) is 97.9 Å². The first kappa shape index (κ1) is 14.9. The molecule has 0 radical (unpaired) electrons. The first-order valence-corrected chi connectivity index (χ1v) is 8.90. The van der Waals surface area contributed by atoms with Gasteiger partial charge in [-0.05, 0) is 12.5 Å². The lowest BCUT2D eigenvalue weighted by Crippen LogP contribution is -2.19. The number of fused-ring (bicyclic) bond motifs is 1. The summed E-state index contributed by atoms with van der Waals surface area (Å²) >= 11 is 0. The van der Waals surface area contributed by atoms with Gasteiger partial charge in [0.2, 0.25) is 15.0 Å². The third-order valence-corrected chi connectivity index (χ3v) is 4.88. The van der Waals surface area contributed by atoms with Crippen LogP contribution in [0.1, 0.15) is 25.1 Å². The molecule has 2 aromatic rings. The van der Waals surface area contributed by atoms with Gasteiger partial charge in [-0.3, -0.25) is 0 Å². The molecule has 0 N–H and O–H groups in total. The molecule has 22 heavy (non-hydrogen) atoms. The molecule has 0 aromatic carbocycles. The first-order valence-electron chi connectivity index (χ1n) is 7.01. The summed E-state index contributed by atoms with van der Waals surface area (Å²) in [5.74, 6) is 0.277. The lowest BCUT2D eigenvalue weighted by atomic mass is 10.0. The van der Waals surface area contributed by atoms with Crippen LogP contribution in [0.25, 0.3) is 11.0 Å². The zero-order chi connectivity index (χ0) is 15.9. The van der Waals surface area contributed by atoms with Gasteiger partial charge in [-0.1, -0.05) is 6.92 Å². The number of rotatable bonds is 3. The summed E-state index contributed by atoms with van der Waals surface area (Å²) in [4.78, 5) is 8.07. The largest absolute Gasteiger partial charge is 0.379 e. The number of hydrogen-bond acceptors (Lipinski definition) is 6. The van der Waals surface area contributed by atoms with Crippen molar-refractivity contribution in [1.29, 1.82) is 5.26 Å². The smallest absolute Gasteiger partial charge is 0.248 e. The molecule has 3 heterocycles. The summed E-state index contributed by atoms with van der Waals surface area (Å²) in [6.07, 6.45) is 3.44. The summed E-state index contributed by atoms with van der Waals surface area (Å²) in [7, 11) is -3.50. The predicted octanol–water partition coefficient (Wildman–Crippen LogP) is 1.30. The highest BCUT2D eigenvalue weighted by molar-refractivity contribution is 7.90. The van der Waals surface area contributed by atoms with Crippen molar-refractivity contribution in [3.8, 4) is 6.07 Å². The zero-order valence-electron chi connectivity index (χ0n) is 12.4. The van der Waals surface area contributed by atoms with Crippen molar-refractivity contribution in [3.05, 3.63) is 18.0 Å². The maximum atomic E-state index is 11.7. The third kappa shape index (κ3) is 2.36. The molecule has 7 nitrogen and oxygen atoms in total. The number of ether oxygens (including phenoxy) is 1. The van der Waals surface area contributed by atoms with E-state index in [-0.39, 0.29) is 17.1 Å². The van der Waals surface area contributed by atoms with Gasteiger partial charge in [0.1, 0.15) is 17.4 Å². The quantitative estimate of drug-likeness (QED) is 0.791. The Morgan fingerprint density at radius 1 is 1.50 bits per heavy atom. The molecule has 8 heteroatoms. The van der Waals surface area contributed by atoms with Gasteiger partial charge in [0.25, 0.3) is 0 Å². The maximum absolute atomic E-state index is 11.7. The minimum atomic E-state index is -3.50. The number of nitriles is 1. The zero-order valence-corrected chi connectivity index (χ0v) is 13.2. The third-order valence-electron chi connectivity index (χ3n) is 4.02.